The number of hydrogen-bond donors (Lipinski definition) is 1. The average molecular weight is 507 g/mol. The molecule has 0 aliphatic carbocycles. The summed E-state index contributed by atoms with van der Waals surface area (Å²) in [4.78, 5) is 45.9. The number of rotatable bonds is 12. The third kappa shape index (κ3) is 12.0. The van der Waals surface area contributed by atoms with Gasteiger partial charge in [0.2, 0.25) is 13.0 Å². The molecular weight excluding hydrogens is 472 g/mol. The molecule has 0 aliphatic rings. The second-order valence-electron chi connectivity index (χ2n) is 6.56. The Hall–Kier alpha value is -3.47. The second kappa shape index (κ2) is 17.9. The lowest BCUT2D eigenvalue weighted by Crippen LogP contribution is -2.31. The van der Waals surface area contributed by atoms with Crippen LogP contribution in [-0.2, 0) is 27.5 Å². The van der Waals surface area contributed by atoms with Gasteiger partial charge in [-0.3, -0.25) is 34.1 Å². The summed E-state index contributed by atoms with van der Waals surface area (Å²) >= 11 is 1.17. The molecule has 1 aromatic heterocycles. The largest absolute Gasteiger partial charge is 0.481 e. The maximum Gasteiger partial charge on any atom is 0.303 e. The fourth-order valence-corrected chi connectivity index (χ4v) is 3.25. The number of imide groups is 1. The van der Waals surface area contributed by atoms with E-state index in [0.29, 0.717) is 29.1 Å². The highest BCUT2D eigenvalue weighted by Crippen LogP contribution is 2.19. The van der Waals surface area contributed by atoms with Gasteiger partial charge in [0.25, 0.3) is 5.91 Å². The van der Waals surface area contributed by atoms with Crippen molar-refractivity contribution < 1.29 is 24.4 Å². The first kappa shape index (κ1) is 31.5. The van der Waals surface area contributed by atoms with Crippen LogP contribution in [0, 0.1) is 10.1 Å². The van der Waals surface area contributed by atoms with E-state index in [0.717, 1.165) is 10.5 Å². The van der Waals surface area contributed by atoms with Gasteiger partial charge in [-0.05, 0) is 30.4 Å². The van der Waals surface area contributed by atoms with Gasteiger partial charge in [-0.15, -0.1) is 11.8 Å². The molecule has 1 heterocycles. The molecule has 2 amide bonds. The monoisotopic (exact) mass is 506 g/mol. The number of nitro groups is 1. The summed E-state index contributed by atoms with van der Waals surface area (Å²) < 4.78 is 1.67. The number of carbonyl (C=O) groups excluding carboxylic acids is 2. The van der Waals surface area contributed by atoms with E-state index in [2.05, 4.69) is 5.10 Å². The summed E-state index contributed by atoms with van der Waals surface area (Å²) in [6.07, 6.45) is 5.45. The van der Waals surface area contributed by atoms with Gasteiger partial charge in [-0.25, -0.2) is 0 Å². The van der Waals surface area contributed by atoms with Crippen molar-refractivity contribution in [3.05, 3.63) is 68.4 Å². The maximum absolute atomic E-state index is 12.6. The van der Waals surface area contributed by atoms with Crippen molar-refractivity contribution >= 4 is 36.1 Å². The number of aromatic nitrogens is 2. The van der Waals surface area contributed by atoms with E-state index in [1.54, 1.807) is 53.5 Å². The minimum Gasteiger partial charge on any atom is -0.481 e. The standard InChI is InChI=1S/C20H22N4O6S.2C2H6/c1-31-18(20(28)22(14-25)9-2-3-19(26)27)11-17-8-10-23(21-17)12-15-4-6-16(7-5-15)13-24(29)30;2*1-2/h4-8,10-11,14H,2-3,9,12-13H2,1H3,(H,26,27);2*1-2H3/b18-11-;;. The SMILES string of the molecule is CC.CC.CS/C(=C\c1ccn(Cc2ccc(C[N+](=O)[O-])cc2)n1)C(=O)N(C=O)CCCC(=O)O. The Kier molecular flexibility index (Phi) is 16.2. The van der Waals surface area contributed by atoms with Gasteiger partial charge in [-0.2, -0.15) is 5.10 Å². The van der Waals surface area contributed by atoms with E-state index < -0.39 is 11.9 Å². The Labute approximate surface area is 210 Å². The predicted octanol–water partition coefficient (Wildman–Crippen LogP) is 4.31. The third-order valence-electron chi connectivity index (χ3n) is 4.23. The van der Waals surface area contributed by atoms with Crippen LogP contribution in [0.4, 0.5) is 0 Å². The van der Waals surface area contributed by atoms with E-state index in [-0.39, 0.29) is 30.9 Å². The van der Waals surface area contributed by atoms with E-state index >= 15 is 0 Å². The molecule has 0 spiro atoms. The highest BCUT2D eigenvalue weighted by atomic mass is 32.2. The molecule has 0 atom stereocenters. The maximum atomic E-state index is 12.6. The highest BCUT2D eigenvalue weighted by Gasteiger charge is 2.18. The smallest absolute Gasteiger partial charge is 0.303 e. The third-order valence-corrected chi connectivity index (χ3v) is 4.96. The molecule has 0 unspecified atom stereocenters. The van der Waals surface area contributed by atoms with Crippen LogP contribution in [0.25, 0.3) is 6.08 Å². The predicted molar refractivity (Wildman–Crippen MR) is 137 cm³/mol. The Morgan fingerprint density at radius 2 is 1.74 bits per heavy atom. The fourth-order valence-electron chi connectivity index (χ4n) is 2.72. The number of amides is 2. The van der Waals surface area contributed by atoms with E-state index in [1.165, 1.54) is 11.8 Å². The zero-order valence-electron chi connectivity index (χ0n) is 20.8. The van der Waals surface area contributed by atoms with E-state index in [1.807, 2.05) is 27.7 Å². The Morgan fingerprint density at radius 3 is 2.26 bits per heavy atom. The molecule has 0 saturated heterocycles. The number of carboxylic acid groups (broad SMARTS) is 1. The van der Waals surface area contributed by atoms with Crippen LogP contribution < -0.4 is 0 Å². The number of thioether (sulfide) groups is 1. The van der Waals surface area contributed by atoms with Crippen LogP contribution in [0.2, 0.25) is 0 Å². The van der Waals surface area contributed by atoms with Gasteiger partial charge in [0.05, 0.1) is 17.1 Å². The van der Waals surface area contributed by atoms with Gasteiger partial charge in [0.15, 0.2) is 0 Å². The number of aliphatic carboxylic acids is 1. The van der Waals surface area contributed by atoms with Crippen molar-refractivity contribution in [2.75, 3.05) is 12.8 Å². The lowest BCUT2D eigenvalue weighted by Gasteiger charge is -2.15. The number of carbonyl (C=O) groups is 3. The first-order valence-electron chi connectivity index (χ1n) is 11.3. The van der Waals surface area contributed by atoms with Crippen molar-refractivity contribution in [2.45, 2.75) is 53.6 Å². The van der Waals surface area contributed by atoms with Crippen LogP contribution in [0.3, 0.4) is 0 Å². The first-order chi connectivity index (χ1) is 16.8. The Balaban J connectivity index is 0.00000274. The molecule has 0 aliphatic heterocycles. The molecule has 192 valence electrons. The van der Waals surface area contributed by atoms with E-state index in [4.69, 9.17) is 5.11 Å². The van der Waals surface area contributed by atoms with Gasteiger partial charge in [-0.1, -0.05) is 52.0 Å². The van der Waals surface area contributed by atoms with Crippen LogP contribution >= 0.6 is 11.8 Å². The van der Waals surface area contributed by atoms with Gasteiger partial charge in [0.1, 0.15) is 0 Å². The van der Waals surface area contributed by atoms with Gasteiger partial charge in [0, 0.05) is 29.6 Å². The summed E-state index contributed by atoms with van der Waals surface area (Å²) in [7, 11) is 0. The van der Waals surface area contributed by atoms with Crippen molar-refractivity contribution in [1.82, 2.24) is 14.7 Å². The number of hydrogen-bond acceptors (Lipinski definition) is 7. The number of nitrogens with zero attached hydrogens (tertiary/aromatic N) is 4. The topological polar surface area (TPSA) is 136 Å². The van der Waals surface area contributed by atoms with Crippen LogP contribution in [-0.4, -0.2) is 55.8 Å². The van der Waals surface area contributed by atoms with Crippen molar-refractivity contribution in [3.63, 3.8) is 0 Å². The zero-order chi connectivity index (χ0) is 26.8. The van der Waals surface area contributed by atoms with Crippen LogP contribution in [0.15, 0.2) is 41.4 Å². The van der Waals surface area contributed by atoms with Gasteiger partial charge < -0.3 is 5.11 Å². The molecule has 0 fully saturated rings. The number of carboxylic acids is 1. The quantitative estimate of drug-likeness (QED) is 0.195. The second-order valence-corrected chi connectivity index (χ2v) is 7.41. The number of benzene rings is 1. The van der Waals surface area contributed by atoms with Crippen molar-refractivity contribution in [2.24, 2.45) is 0 Å². The molecule has 10 nitrogen and oxygen atoms in total. The summed E-state index contributed by atoms with van der Waals surface area (Å²) in [5.41, 5.74) is 2.06. The molecule has 11 heteroatoms. The molecule has 0 radical (unpaired) electrons. The Bertz CT molecular complexity index is 973. The molecule has 2 aromatic rings. The fraction of sp³-hybridized carbons (Fsp3) is 0.417. The first-order valence-corrected chi connectivity index (χ1v) is 12.5. The molecule has 1 N–H and O–H groups in total. The summed E-state index contributed by atoms with van der Waals surface area (Å²) in [6.45, 7) is 8.24. The highest BCUT2D eigenvalue weighted by molar-refractivity contribution is 8.03. The normalized spacial score (nSPS) is 10.3. The minimum absolute atomic E-state index is 0.0212. The molecule has 1 aromatic carbocycles. The molecule has 35 heavy (non-hydrogen) atoms. The molecule has 0 saturated carbocycles. The molecule has 0 bridgehead atoms. The lowest BCUT2D eigenvalue weighted by molar-refractivity contribution is -0.496. The molecular formula is C24H34N4O6S. The lowest BCUT2D eigenvalue weighted by atomic mass is 10.1. The average Bonchev–Trinajstić information content (AvgIpc) is 3.30. The summed E-state index contributed by atoms with van der Waals surface area (Å²) in [6, 6.07) is 8.72. The van der Waals surface area contributed by atoms with Gasteiger partial charge >= 0.3 is 5.97 Å². The van der Waals surface area contributed by atoms with Crippen molar-refractivity contribution in [3.8, 4) is 0 Å². The van der Waals surface area contributed by atoms with Crippen LogP contribution in [0.5, 0.6) is 0 Å². The zero-order valence-corrected chi connectivity index (χ0v) is 21.7. The molecule has 2 rings (SSSR count). The minimum atomic E-state index is -0.989. The van der Waals surface area contributed by atoms with E-state index in [9.17, 15) is 24.5 Å². The van der Waals surface area contributed by atoms with Crippen LogP contribution in [0.1, 0.15) is 57.4 Å². The van der Waals surface area contributed by atoms with Crippen molar-refractivity contribution in [1.29, 1.82) is 0 Å². The Morgan fingerprint density at radius 1 is 1.14 bits per heavy atom. The summed E-state index contributed by atoms with van der Waals surface area (Å²) in [5, 5.41) is 23.7. The summed E-state index contributed by atoms with van der Waals surface area (Å²) in [5.74, 6) is -1.50.